The number of anilines is 2. The van der Waals surface area contributed by atoms with Crippen LogP contribution in [-0.4, -0.2) is 10.7 Å². The zero-order chi connectivity index (χ0) is 19.7. The first-order chi connectivity index (χ1) is 13.6. The number of nitrogen functional groups attached to an aromatic ring is 1. The molecule has 0 amide bonds. The van der Waals surface area contributed by atoms with Crippen LogP contribution in [0.2, 0.25) is 0 Å². The summed E-state index contributed by atoms with van der Waals surface area (Å²) in [5.74, 6) is 0.819. The third kappa shape index (κ3) is 3.23. The summed E-state index contributed by atoms with van der Waals surface area (Å²) < 4.78 is 5.24. The first kappa shape index (κ1) is 17.8. The van der Waals surface area contributed by atoms with Gasteiger partial charge in [-0.3, -0.25) is 5.41 Å². The molecule has 0 unspecified atom stereocenters. The van der Waals surface area contributed by atoms with Gasteiger partial charge in [0.15, 0.2) is 12.2 Å². The number of nitrogens with one attached hydrogen (secondary N) is 2. The summed E-state index contributed by atoms with van der Waals surface area (Å²) in [7, 11) is 0. The molecule has 2 aromatic carbocycles. The molecule has 6 nitrogen and oxygen atoms in total. The minimum absolute atomic E-state index is 0.132. The van der Waals surface area contributed by atoms with Crippen molar-refractivity contribution in [1.29, 1.82) is 10.7 Å². The molecule has 0 saturated carbocycles. The molecule has 0 fully saturated rings. The highest BCUT2D eigenvalue weighted by atomic mass is 16.3. The number of nitriles is 1. The van der Waals surface area contributed by atoms with E-state index in [0.717, 1.165) is 18.5 Å². The SMILES string of the molecule is C[C@H]1CCc2cc(C#N)ccc2[C@@H]1Nc1ccc(N)c(C(=N)c2cnco2)c1. The Morgan fingerprint density at radius 1 is 1.32 bits per heavy atom. The molecule has 0 saturated heterocycles. The summed E-state index contributed by atoms with van der Waals surface area (Å²) in [5, 5.41) is 21.2. The molecule has 0 aliphatic heterocycles. The van der Waals surface area contributed by atoms with E-state index in [1.165, 1.54) is 23.7 Å². The van der Waals surface area contributed by atoms with Gasteiger partial charge in [0.25, 0.3) is 0 Å². The second-order valence-electron chi connectivity index (χ2n) is 7.21. The van der Waals surface area contributed by atoms with E-state index >= 15 is 0 Å². The highest BCUT2D eigenvalue weighted by molar-refractivity contribution is 6.12. The Balaban J connectivity index is 1.66. The van der Waals surface area contributed by atoms with Gasteiger partial charge in [-0.2, -0.15) is 5.26 Å². The van der Waals surface area contributed by atoms with Gasteiger partial charge >= 0.3 is 0 Å². The van der Waals surface area contributed by atoms with Crippen LogP contribution in [-0.2, 0) is 6.42 Å². The lowest BCUT2D eigenvalue weighted by Crippen LogP contribution is -2.25. The average molecular weight is 371 g/mol. The fourth-order valence-electron chi connectivity index (χ4n) is 3.79. The summed E-state index contributed by atoms with van der Waals surface area (Å²) in [4.78, 5) is 3.88. The van der Waals surface area contributed by atoms with Crippen molar-refractivity contribution >= 4 is 17.1 Å². The third-order valence-corrected chi connectivity index (χ3v) is 5.37. The van der Waals surface area contributed by atoms with E-state index in [0.29, 0.717) is 28.5 Å². The summed E-state index contributed by atoms with van der Waals surface area (Å²) >= 11 is 0. The highest BCUT2D eigenvalue weighted by Gasteiger charge is 2.27. The van der Waals surface area contributed by atoms with E-state index in [1.807, 2.05) is 24.3 Å². The molecule has 1 aromatic heterocycles. The minimum atomic E-state index is 0.132. The van der Waals surface area contributed by atoms with Gasteiger partial charge in [0.2, 0.25) is 0 Å². The van der Waals surface area contributed by atoms with Crippen molar-refractivity contribution in [2.45, 2.75) is 25.8 Å². The number of fused-ring (bicyclic) bond motifs is 1. The van der Waals surface area contributed by atoms with E-state index in [1.54, 1.807) is 6.07 Å². The van der Waals surface area contributed by atoms with E-state index in [-0.39, 0.29) is 11.8 Å². The van der Waals surface area contributed by atoms with Crippen LogP contribution in [0, 0.1) is 22.7 Å². The molecule has 2 atom stereocenters. The Bertz CT molecular complexity index is 1070. The zero-order valence-corrected chi connectivity index (χ0v) is 15.6. The maximum Gasteiger partial charge on any atom is 0.181 e. The number of oxazole rings is 1. The van der Waals surface area contributed by atoms with Gasteiger partial charge in [0.1, 0.15) is 5.71 Å². The van der Waals surface area contributed by atoms with Gasteiger partial charge < -0.3 is 15.5 Å². The van der Waals surface area contributed by atoms with Crippen LogP contribution in [0.5, 0.6) is 0 Å². The Morgan fingerprint density at radius 3 is 2.93 bits per heavy atom. The van der Waals surface area contributed by atoms with Crippen LogP contribution in [0.4, 0.5) is 11.4 Å². The lowest BCUT2D eigenvalue weighted by Gasteiger charge is -2.33. The smallest absolute Gasteiger partial charge is 0.181 e. The molecular formula is C22H21N5O. The lowest BCUT2D eigenvalue weighted by molar-refractivity contribution is 0.434. The normalized spacial score (nSPS) is 18.1. The molecule has 3 aromatic rings. The van der Waals surface area contributed by atoms with Gasteiger partial charge in [0.05, 0.1) is 23.9 Å². The van der Waals surface area contributed by atoms with Crippen molar-refractivity contribution in [3.05, 3.63) is 77.0 Å². The first-order valence-electron chi connectivity index (χ1n) is 9.23. The van der Waals surface area contributed by atoms with E-state index < -0.39 is 0 Å². The molecule has 1 aliphatic rings. The van der Waals surface area contributed by atoms with Crippen molar-refractivity contribution in [3.8, 4) is 6.07 Å². The lowest BCUT2D eigenvalue weighted by atomic mass is 9.80. The monoisotopic (exact) mass is 371 g/mol. The van der Waals surface area contributed by atoms with E-state index in [2.05, 4.69) is 29.4 Å². The molecule has 140 valence electrons. The minimum Gasteiger partial charge on any atom is -0.442 e. The van der Waals surface area contributed by atoms with Gasteiger partial charge in [-0.05, 0) is 60.2 Å². The topological polar surface area (TPSA) is 112 Å². The number of hydrogen-bond donors (Lipinski definition) is 3. The van der Waals surface area contributed by atoms with Crippen LogP contribution < -0.4 is 11.1 Å². The summed E-state index contributed by atoms with van der Waals surface area (Å²) in [5.41, 5.74) is 11.5. The predicted octanol–water partition coefficient (Wildman–Crippen LogP) is 4.28. The number of benzene rings is 2. The Labute approximate surface area is 163 Å². The second kappa shape index (κ2) is 7.20. The fraction of sp³-hybridized carbons (Fsp3) is 0.227. The molecule has 28 heavy (non-hydrogen) atoms. The van der Waals surface area contributed by atoms with Gasteiger partial charge in [-0.1, -0.05) is 13.0 Å². The van der Waals surface area contributed by atoms with E-state index in [4.69, 9.17) is 20.8 Å². The van der Waals surface area contributed by atoms with Gasteiger partial charge in [-0.25, -0.2) is 4.98 Å². The van der Waals surface area contributed by atoms with Crippen molar-refractivity contribution < 1.29 is 4.42 Å². The van der Waals surface area contributed by atoms with Crippen molar-refractivity contribution in [2.75, 3.05) is 11.1 Å². The van der Waals surface area contributed by atoms with E-state index in [9.17, 15) is 0 Å². The van der Waals surface area contributed by atoms with Crippen molar-refractivity contribution in [2.24, 2.45) is 5.92 Å². The van der Waals surface area contributed by atoms with Crippen molar-refractivity contribution in [3.63, 3.8) is 0 Å². The number of aryl methyl sites for hydroxylation is 1. The largest absolute Gasteiger partial charge is 0.442 e. The maximum atomic E-state index is 9.17. The number of nitrogens with zero attached hydrogens (tertiary/aromatic N) is 2. The van der Waals surface area contributed by atoms with Crippen LogP contribution in [0.1, 0.15) is 47.4 Å². The first-order valence-corrected chi connectivity index (χ1v) is 9.23. The second-order valence-corrected chi connectivity index (χ2v) is 7.21. The summed E-state index contributed by atoms with van der Waals surface area (Å²) in [6, 6.07) is 13.9. The van der Waals surface area contributed by atoms with Crippen LogP contribution in [0.3, 0.4) is 0 Å². The fourth-order valence-corrected chi connectivity index (χ4v) is 3.79. The van der Waals surface area contributed by atoms with Crippen LogP contribution >= 0.6 is 0 Å². The molecule has 4 rings (SSSR count). The molecule has 6 heteroatoms. The predicted molar refractivity (Wildman–Crippen MR) is 108 cm³/mol. The molecular weight excluding hydrogens is 350 g/mol. The summed E-state index contributed by atoms with van der Waals surface area (Å²) in [6.07, 6.45) is 4.84. The maximum absolute atomic E-state index is 9.17. The Kier molecular flexibility index (Phi) is 4.58. The summed E-state index contributed by atoms with van der Waals surface area (Å²) in [6.45, 7) is 2.23. The van der Waals surface area contributed by atoms with Gasteiger partial charge in [-0.15, -0.1) is 0 Å². The third-order valence-electron chi connectivity index (χ3n) is 5.37. The molecule has 0 bridgehead atoms. The van der Waals surface area contributed by atoms with Crippen molar-refractivity contribution in [1.82, 2.24) is 4.98 Å². The Morgan fingerprint density at radius 2 is 2.18 bits per heavy atom. The number of hydrogen-bond acceptors (Lipinski definition) is 6. The van der Waals surface area contributed by atoms with Crippen LogP contribution in [0.25, 0.3) is 0 Å². The number of rotatable bonds is 4. The quantitative estimate of drug-likeness (QED) is 0.468. The van der Waals surface area contributed by atoms with Gasteiger partial charge in [0, 0.05) is 16.9 Å². The average Bonchev–Trinajstić information content (AvgIpc) is 3.25. The number of nitrogens with two attached hydrogens (primary N) is 1. The zero-order valence-electron chi connectivity index (χ0n) is 15.6. The number of aromatic nitrogens is 1. The molecule has 0 radical (unpaired) electrons. The molecule has 1 heterocycles. The van der Waals surface area contributed by atoms with Crippen LogP contribution in [0.15, 0.2) is 53.4 Å². The standard InChI is InChI=1S/C22H21N5O/c1-13-2-4-15-8-14(10-23)3-6-17(15)22(13)27-16-5-7-19(24)18(9-16)21(25)20-11-26-12-28-20/h3,5-9,11-13,22,25,27H,2,4,24H2,1H3/t13-,22+/m0/s1. The molecule has 4 N–H and O–H groups in total. The Hall–Kier alpha value is -3.59. The molecule has 0 spiro atoms. The highest BCUT2D eigenvalue weighted by Crippen LogP contribution is 2.37. The molecule has 1 aliphatic carbocycles.